The van der Waals surface area contributed by atoms with Gasteiger partial charge in [0, 0.05) is 10.9 Å². The van der Waals surface area contributed by atoms with Crippen molar-refractivity contribution in [1.82, 2.24) is 9.97 Å². The summed E-state index contributed by atoms with van der Waals surface area (Å²) in [4.78, 5) is 8.10. The summed E-state index contributed by atoms with van der Waals surface area (Å²) in [5.74, 6) is 0.140. The Bertz CT molecular complexity index is 762. The van der Waals surface area contributed by atoms with E-state index in [2.05, 4.69) is 9.97 Å². The number of pyridine rings is 2. The van der Waals surface area contributed by atoms with E-state index in [9.17, 15) is 9.50 Å². The molecule has 20 heavy (non-hydrogen) atoms. The molecule has 5 heteroatoms. The Kier molecular flexibility index (Phi) is 3.26. The fraction of sp³-hybridized carbons (Fsp3) is 0.0667. The van der Waals surface area contributed by atoms with Crippen molar-refractivity contribution >= 4 is 10.9 Å². The first-order valence-corrected chi connectivity index (χ1v) is 6.04. The predicted molar refractivity (Wildman–Crippen MR) is 71.9 cm³/mol. The Hall–Kier alpha value is -2.53. The summed E-state index contributed by atoms with van der Waals surface area (Å²) < 4.78 is 18.6. The van der Waals surface area contributed by atoms with Crippen molar-refractivity contribution in [2.45, 2.75) is 6.61 Å². The molecule has 3 aromatic rings. The molecule has 4 nitrogen and oxygen atoms in total. The van der Waals surface area contributed by atoms with Gasteiger partial charge in [-0.05, 0) is 18.2 Å². The zero-order chi connectivity index (χ0) is 13.9. The highest BCUT2D eigenvalue weighted by Crippen LogP contribution is 2.25. The second-order valence-electron chi connectivity index (χ2n) is 4.24. The predicted octanol–water partition coefficient (Wildman–Crippen LogP) is 3.05. The summed E-state index contributed by atoms with van der Waals surface area (Å²) in [7, 11) is 0. The standard InChI is InChI=1S/C15H11FN2O2/c16-12-5-11(9-19)15(18-7-12)20-13-6-10-3-1-2-4-14(10)17-8-13/h1-8,19H,9H2. The van der Waals surface area contributed by atoms with E-state index in [-0.39, 0.29) is 18.1 Å². The third kappa shape index (κ3) is 2.44. The van der Waals surface area contributed by atoms with Crippen molar-refractivity contribution in [3.05, 3.63) is 60.2 Å². The molecule has 0 saturated heterocycles. The highest BCUT2D eigenvalue weighted by Gasteiger charge is 2.08. The number of aliphatic hydroxyl groups is 1. The molecule has 0 amide bonds. The summed E-state index contributed by atoms with van der Waals surface area (Å²) in [5, 5.41) is 10.1. The molecule has 3 rings (SSSR count). The van der Waals surface area contributed by atoms with E-state index in [1.54, 1.807) is 6.20 Å². The topological polar surface area (TPSA) is 55.2 Å². The average molecular weight is 270 g/mol. The molecule has 0 spiro atoms. The van der Waals surface area contributed by atoms with E-state index in [1.165, 1.54) is 6.07 Å². The Balaban J connectivity index is 1.96. The lowest BCUT2D eigenvalue weighted by atomic mass is 10.2. The van der Waals surface area contributed by atoms with Gasteiger partial charge in [0.05, 0.1) is 24.5 Å². The number of nitrogens with zero attached hydrogens (tertiary/aromatic N) is 2. The third-order valence-electron chi connectivity index (χ3n) is 2.84. The van der Waals surface area contributed by atoms with Gasteiger partial charge in [0.25, 0.3) is 0 Å². The minimum atomic E-state index is -0.516. The van der Waals surface area contributed by atoms with Crippen LogP contribution in [0.25, 0.3) is 10.9 Å². The molecule has 0 saturated carbocycles. The van der Waals surface area contributed by atoms with Gasteiger partial charge in [-0.1, -0.05) is 18.2 Å². The first-order valence-electron chi connectivity index (χ1n) is 6.04. The zero-order valence-electron chi connectivity index (χ0n) is 10.5. The lowest BCUT2D eigenvalue weighted by Crippen LogP contribution is -1.96. The van der Waals surface area contributed by atoms with Gasteiger partial charge in [-0.3, -0.25) is 4.98 Å². The summed E-state index contributed by atoms with van der Waals surface area (Å²) in [5.41, 5.74) is 1.15. The summed E-state index contributed by atoms with van der Waals surface area (Å²) in [6, 6.07) is 10.6. The van der Waals surface area contributed by atoms with Gasteiger partial charge in [-0.15, -0.1) is 0 Å². The van der Waals surface area contributed by atoms with Gasteiger partial charge in [0.15, 0.2) is 0 Å². The lowest BCUT2D eigenvalue weighted by Gasteiger charge is -2.08. The molecule has 0 unspecified atom stereocenters. The van der Waals surface area contributed by atoms with Crippen LogP contribution in [0.1, 0.15) is 5.56 Å². The molecule has 0 aliphatic heterocycles. The molecule has 0 aliphatic carbocycles. The highest BCUT2D eigenvalue weighted by atomic mass is 19.1. The number of halogens is 1. The van der Waals surface area contributed by atoms with E-state index in [4.69, 9.17) is 4.74 Å². The van der Waals surface area contributed by atoms with Gasteiger partial charge in [-0.25, -0.2) is 9.37 Å². The number of para-hydroxylation sites is 1. The first-order chi connectivity index (χ1) is 9.76. The molecule has 0 fully saturated rings. The van der Waals surface area contributed by atoms with Crippen LogP contribution in [0.15, 0.2) is 48.8 Å². The van der Waals surface area contributed by atoms with Crippen molar-refractivity contribution < 1.29 is 14.2 Å². The fourth-order valence-electron chi connectivity index (χ4n) is 1.89. The highest BCUT2D eigenvalue weighted by molar-refractivity contribution is 5.79. The van der Waals surface area contributed by atoms with Crippen LogP contribution in [0.5, 0.6) is 11.6 Å². The molecule has 2 aromatic heterocycles. The van der Waals surface area contributed by atoms with Gasteiger partial charge >= 0.3 is 0 Å². The molecule has 2 heterocycles. The largest absolute Gasteiger partial charge is 0.437 e. The summed E-state index contributed by atoms with van der Waals surface area (Å²) in [6.07, 6.45) is 2.61. The minimum Gasteiger partial charge on any atom is -0.437 e. The minimum absolute atomic E-state index is 0.172. The van der Waals surface area contributed by atoms with Crippen LogP contribution in [-0.4, -0.2) is 15.1 Å². The van der Waals surface area contributed by atoms with Crippen LogP contribution >= 0.6 is 0 Å². The summed E-state index contributed by atoms with van der Waals surface area (Å²) in [6.45, 7) is -0.346. The van der Waals surface area contributed by atoms with Crippen molar-refractivity contribution in [2.24, 2.45) is 0 Å². The number of hydrogen-bond acceptors (Lipinski definition) is 4. The second-order valence-corrected chi connectivity index (χ2v) is 4.24. The van der Waals surface area contributed by atoms with E-state index in [0.717, 1.165) is 17.1 Å². The van der Waals surface area contributed by atoms with Crippen LogP contribution in [-0.2, 0) is 6.61 Å². The van der Waals surface area contributed by atoms with Gasteiger partial charge in [0.2, 0.25) is 5.88 Å². The maximum atomic E-state index is 13.0. The van der Waals surface area contributed by atoms with Crippen LogP contribution < -0.4 is 4.74 Å². The van der Waals surface area contributed by atoms with Gasteiger partial charge < -0.3 is 9.84 Å². The Morgan fingerprint density at radius 1 is 1.10 bits per heavy atom. The molecule has 0 atom stereocenters. The van der Waals surface area contributed by atoms with E-state index >= 15 is 0 Å². The molecule has 0 bridgehead atoms. The first kappa shape index (κ1) is 12.5. The van der Waals surface area contributed by atoms with Crippen molar-refractivity contribution in [2.75, 3.05) is 0 Å². The van der Waals surface area contributed by atoms with E-state index in [1.807, 2.05) is 30.3 Å². The molecular formula is C15H11FN2O2. The number of aromatic nitrogens is 2. The second kappa shape index (κ2) is 5.22. The maximum absolute atomic E-state index is 13.0. The van der Waals surface area contributed by atoms with Crippen LogP contribution in [0.3, 0.4) is 0 Å². The summed E-state index contributed by atoms with van der Waals surface area (Å²) >= 11 is 0. The number of fused-ring (bicyclic) bond motifs is 1. The van der Waals surface area contributed by atoms with Crippen molar-refractivity contribution in [3.63, 3.8) is 0 Å². The van der Waals surface area contributed by atoms with Crippen molar-refractivity contribution in [3.8, 4) is 11.6 Å². The Morgan fingerprint density at radius 3 is 2.80 bits per heavy atom. The average Bonchev–Trinajstić information content (AvgIpc) is 2.49. The smallest absolute Gasteiger partial charge is 0.225 e. The zero-order valence-corrected chi connectivity index (χ0v) is 10.5. The van der Waals surface area contributed by atoms with Crippen molar-refractivity contribution in [1.29, 1.82) is 0 Å². The molecule has 0 aliphatic rings. The Morgan fingerprint density at radius 2 is 1.95 bits per heavy atom. The normalized spacial score (nSPS) is 10.7. The Labute approximate surface area is 114 Å². The third-order valence-corrected chi connectivity index (χ3v) is 2.84. The van der Waals surface area contributed by atoms with E-state index in [0.29, 0.717) is 5.75 Å². The van der Waals surface area contributed by atoms with Gasteiger partial charge in [-0.2, -0.15) is 0 Å². The number of rotatable bonds is 3. The number of hydrogen-bond donors (Lipinski definition) is 1. The van der Waals surface area contributed by atoms with Crippen LogP contribution in [0.2, 0.25) is 0 Å². The van der Waals surface area contributed by atoms with Gasteiger partial charge in [0.1, 0.15) is 11.6 Å². The SMILES string of the molecule is OCc1cc(F)cnc1Oc1cnc2ccccc2c1. The fourth-order valence-corrected chi connectivity index (χ4v) is 1.89. The van der Waals surface area contributed by atoms with E-state index < -0.39 is 5.82 Å². The quantitative estimate of drug-likeness (QED) is 0.794. The monoisotopic (exact) mass is 270 g/mol. The number of benzene rings is 1. The van der Waals surface area contributed by atoms with Crippen LogP contribution in [0.4, 0.5) is 4.39 Å². The molecule has 1 N–H and O–H groups in total. The number of ether oxygens (including phenoxy) is 1. The van der Waals surface area contributed by atoms with Crippen LogP contribution in [0, 0.1) is 5.82 Å². The molecule has 1 aromatic carbocycles. The number of aliphatic hydroxyl groups excluding tert-OH is 1. The maximum Gasteiger partial charge on any atom is 0.225 e. The molecule has 100 valence electrons. The lowest BCUT2D eigenvalue weighted by molar-refractivity contribution is 0.274. The molecule has 0 radical (unpaired) electrons. The molecular weight excluding hydrogens is 259 g/mol.